The molecule has 3 unspecified atom stereocenters. The van der Waals surface area contributed by atoms with Gasteiger partial charge < -0.3 is 40.3 Å². The molecule has 1 amide bonds. The molecule has 0 aromatic carbocycles. The lowest BCUT2D eigenvalue weighted by atomic mass is 10.0. The van der Waals surface area contributed by atoms with E-state index in [-0.39, 0.29) is 39.1 Å². The van der Waals surface area contributed by atoms with Crippen LogP contribution in [-0.2, 0) is 24.0 Å². The maximum atomic E-state index is 11.1. The van der Waals surface area contributed by atoms with E-state index in [9.17, 15) is 19.2 Å². The number of halogens is 1. The Morgan fingerprint density at radius 3 is 2.13 bits per heavy atom. The number of carboxylic acids is 1. The van der Waals surface area contributed by atoms with Crippen molar-refractivity contribution in [1.82, 2.24) is 5.32 Å². The highest BCUT2D eigenvalue weighted by Crippen LogP contribution is 2.10. The Hall–Kier alpha value is -1.85. The molecule has 11 nitrogen and oxygen atoms in total. The van der Waals surface area contributed by atoms with Gasteiger partial charge >= 0.3 is 5.97 Å². The largest absolute Gasteiger partial charge is 0.479 e. The van der Waals surface area contributed by atoms with Crippen molar-refractivity contribution in [3.05, 3.63) is 0 Å². The first-order valence-electron chi connectivity index (χ1n) is 9.24. The van der Waals surface area contributed by atoms with Gasteiger partial charge in [0.25, 0.3) is 0 Å². The van der Waals surface area contributed by atoms with E-state index in [1.165, 1.54) is 0 Å². The molecule has 0 aromatic rings. The first kappa shape index (κ1) is 30.3. The minimum absolute atomic E-state index is 0.0465. The van der Waals surface area contributed by atoms with Crippen molar-refractivity contribution in [2.75, 3.05) is 46.2 Å². The topological polar surface area (TPSA) is 175 Å². The molecule has 12 heteroatoms. The molecule has 30 heavy (non-hydrogen) atoms. The average molecular weight is 441 g/mol. The van der Waals surface area contributed by atoms with E-state index in [1.807, 2.05) is 0 Å². The Bertz CT molecular complexity index is 474. The van der Waals surface area contributed by atoms with Crippen LogP contribution in [0.2, 0.25) is 0 Å². The highest BCUT2D eigenvalue weighted by atomic mass is 19.3. The van der Waals surface area contributed by atoms with Crippen LogP contribution in [0.1, 0.15) is 25.7 Å². The second kappa shape index (κ2) is 21.8. The fourth-order valence-corrected chi connectivity index (χ4v) is 1.97. The summed E-state index contributed by atoms with van der Waals surface area (Å²) >= 11 is 0. The quantitative estimate of drug-likeness (QED) is 0.114. The summed E-state index contributed by atoms with van der Waals surface area (Å²) in [7, 11) is 0. The van der Waals surface area contributed by atoms with Gasteiger partial charge in [0.05, 0.1) is 32.5 Å². The normalized spacial score (nSPS) is 13.3. The standard InChI is InChI=1S/C11H21NO7.C7H11FO3/c13-5-8(15)3-1-7(12-10(17)6-14)2-4-9(16)11(18)19;1-2-3-9-4-5-10-6-7-11-8/h7-9,13-16H,1-6H2,(H,12,17)(H,18,19);1H,3-7H2. The molecule has 0 aliphatic rings. The van der Waals surface area contributed by atoms with Gasteiger partial charge in [-0.05, 0) is 30.2 Å². The number of terminal acetylenes is 1. The van der Waals surface area contributed by atoms with Gasteiger partial charge in [-0.3, -0.25) is 4.79 Å². The van der Waals surface area contributed by atoms with Crippen LogP contribution >= 0.6 is 0 Å². The second-order valence-electron chi connectivity index (χ2n) is 5.95. The molecule has 0 aliphatic heterocycles. The average Bonchev–Trinajstić information content (AvgIpc) is 2.74. The Morgan fingerprint density at radius 1 is 1.00 bits per heavy atom. The van der Waals surface area contributed by atoms with Crippen molar-refractivity contribution in [1.29, 1.82) is 0 Å². The lowest BCUT2D eigenvalue weighted by molar-refractivity contribution is -0.147. The molecule has 0 fully saturated rings. The molecule has 0 bridgehead atoms. The number of hydrogen-bond acceptors (Lipinski definition) is 9. The number of hydrogen-bond donors (Lipinski definition) is 6. The Balaban J connectivity index is 0. The van der Waals surface area contributed by atoms with Crippen LogP contribution < -0.4 is 5.32 Å². The lowest BCUT2D eigenvalue weighted by Gasteiger charge is -2.20. The third-order valence-electron chi connectivity index (χ3n) is 3.50. The predicted molar refractivity (Wildman–Crippen MR) is 102 cm³/mol. The van der Waals surface area contributed by atoms with Crippen molar-refractivity contribution in [3.8, 4) is 12.3 Å². The number of aliphatic carboxylic acids is 1. The van der Waals surface area contributed by atoms with E-state index in [4.69, 9.17) is 36.3 Å². The Labute approximate surface area is 174 Å². The summed E-state index contributed by atoms with van der Waals surface area (Å²) in [5, 5.41) is 46.6. The van der Waals surface area contributed by atoms with Gasteiger partial charge in [-0.15, -0.1) is 6.42 Å². The maximum Gasteiger partial charge on any atom is 0.332 e. The van der Waals surface area contributed by atoms with Gasteiger partial charge in [-0.2, -0.15) is 4.94 Å². The van der Waals surface area contributed by atoms with Crippen LogP contribution in [0, 0.1) is 12.3 Å². The van der Waals surface area contributed by atoms with Gasteiger partial charge in [0.2, 0.25) is 5.91 Å². The summed E-state index contributed by atoms with van der Waals surface area (Å²) in [6, 6.07) is -0.477. The minimum Gasteiger partial charge on any atom is -0.479 e. The van der Waals surface area contributed by atoms with Crippen molar-refractivity contribution in [3.63, 3.8) is 0 Å². The van der Waals surface area contributed by atoms with Crippen LogP contribution in [0.5, 0.6) is 0 Å². The van der Waals surface area contributed by atoms with Gasteiger partial charge in [0, 0.05) is 6.04 Å². The van der Waals surface area contributed by atoms with Gasteiger partial charge in [-0.1, -0.05) is 5.92 Å². The number of aliphatic hydroxyl groups excluding tert-OH is 4. The monoisotopic (exact) mass is 441 g/mol. The second-order valence-corrected chi connectivity index (χ2v) is 5.95. The zero-order valence-corrected chi connectivity index (χ0v) is 16.7. The fraction of sp³-hybridized carbons (Fsp3) is 0.778. The number of amides is 1. The SMILES string of the molecule is C#CCOCCOCCOF.O=C(CO)NC(CCC(O)CO)CCC(O)C(=O)O. The third kappa shape index (κ3) is 20.9. The van der Waals surface area contributed by atoms with Crippen LogP contribution in [0.25, 0.3) is 0 Å². The third-order valence-corrected chi connectivity index (χ3v) is 3.50. The number of carbonyl (C=O) groups excluding carboxylic acids is 1. The Morgan fingerprint density at radius 2 is 1.60 bits per heavy atom. The molecule has 6 N–H and O–H groups in total. The summed E-state index contributed by atoms with van der Waals surface area (Å²) in [6.07, 6.45) is 3.13. The molecule has 0 saturated heterocycles. The number of ether oxygens (including phenoxy) is 2. The van der Waals surface area contributed by atoms with E-state index < -0.39 is 43.3 Å². The number of aliphatic hydroxyl groups is 4. The highest BCUT2D eigenvalue weighted by Gasteiger charge is 2.19. The van der Waals surface area contributed by atoms with Crippen LogP contribution in [-0.4, -0.2) is 102 Å². The molecular formula is C18H32FNO10. The Kier molecular flexibility index (Phi) is 22.1. The molecule has 3 atom stereocenters. The van der Waals surface area contributed by atoms with Crippen LogP contribution in [0.15, 0.2) is 0 Å². The number of rotatable bonds is 17. The van der Waals surface area contributed by atoms with E-state index in [2.05, 4.69) is 16.2 Å². The molecule has 0 saturated carbocycles. The first-order chi connectivity index (χ1) is 14.3. The fourth-order valence-electron chi connectivity index (χ4n) is 1.97. The molecule has 0 radical (unpaired) electrons. The smallest absolute Gasteiger partial charge is 0.332 e. The lowest BCUT2D eigenvalue weighted by Crippen LogP contribution is -2.38. The molecule has 0 rings (SSSR count). The van der Waals surface area contributed by atoms with Crippen molar-refractivity contribution >= 4 is 11.9 Å². The summed E-state index contributed by atoms with van der Waals surface area (Å²) in [6.45, 7) is 0.203. The zero-order valence-electron chi connectivity index (χ0n) is 16.7. The number of carbonyl (C=O) groups is 2. The van der Waals surface area contributed by atoms with Crippen LogP contribution in [0.3, 0.4) is 0 Å². The molecule has 0 aromatic heterocycles. The summed E-state index contributed by atoms with van der Waals surface area (Å²) < 4.78 is 20.7. The van der Waals surface area contributed by atoms with Gasteiger partial charge in [0.1, 0.15) is 19.8 Å². The summed E-state index contributed by atoms with van der Waals surface area (Å²) in [5.74, 6) is 0.345. The molecule has 0 heterocycles. The highest BCUT2D eigenvalue weighted by molar-refractivity contribution is 5.77. The van der Waals surface area contributed by atoms with Crippen molar-refractivity contribution in [2.45, 2.75) is 43.9 Å². The number of carboxylic acid groups (broad SMARTS) is 1. The summed E-state index contributed by atoms with van der Waals surface area (Å²) in [4.78, 5) is 24.8. The molecule has 0 spiro atoms. The van der Waals surface area contributed by atoms with Gasteiger partial charge in [-0.25, -0.2) is 4.79 Å². The predicted octanol–water partition coefficient (Wildman–Crippen LogP) is -1.62. The van der Waals surface area contributed by atoms with Crippen molar-refractivity contribution in [2.24, 2.45) is 0 Å². The minimum atomic E-state index is -1.52. The summed E-state index contributed by atoms with van der Waals surface area (Å²) in [5.41, 5.74) is 0. The van der Waals surface area contributed by atoms with E-state index >= 15 is 0 Å². The zero-order chi connectivity index (χ0) is 23.2. The first-order valence-corrected chi connectivity index (χ1v) is 9.24. The molecule has 176 valence electrons. The van der Waals surface area contributed by atoms with Gasteiger partial charge in [0.15, 0.2) is 6.10 Å². The molecule has 0 aliphatic carbocycles. The maximum absolute atomic E-state index is 11.1. The number of nitrogens with one attached hydrogen (secondary N) is 1. The molecular weight excluding hydrogens is 409 g/mol. The van der Waals surface area contributed by atoms with Crippen molar-refractivity contribution < 1.29 is 54.1 Å². The van der Waals surface area contributed by atoms with E-state index in [1.54, 1.807) is 0 Å². The van der Waals surface area contributed by atoms with E-state index in [0.29, 0.717) is 19.6 Å². The van der Waals surface area contributed by atoms with E-state index in [0.717, 1.165) is 0 Å². The van der Waals surface area contributed by atoms with Crippen LogP contribution in [0.4, 0.5) is 4.53 Å².